The number of aromatic hydroxyl groups is 1. The third kappa shape index (κ3) is 2.82. The molecule has 3 aromatic rings. The number of aryl methyl sites for hydroxylation is 2. The van der Waals surface area contributed by atoms with Crippen molar-refractivity contribution < 1.29 is 5.11 Å². The normalized spacial score (nSPS) is 26.5. The Morgan fingerprint density at radius 3 is 2.80 bits per heavy atom. The number of nitrogens with zero attached hydrogens (tertiary/aromatic N) is 2. The lowest BCUT2D eigenvalue weighted by molar-refractivity contribution is 0.0776. The van der Waals surface area contributed by atoms with Crippen LogP contribution in [0.1, 0.15) is 41.6 Å². The zero-order chi connectivity index (χ0) is 20.5. The van der Waals surface area contributed by atoms with E-state index in [9.17, 15) is 5.11 Å². The Kier molecular flexibility index (Phi) is 4.08. The number of likely N-dealkylation sites (tertiary alicyclic amines) is 1. The van der Waals surface area contributed by atoms with Crippen LogP contribution in [0.15, 0.2) is 42.5 Å². The minimum absolute atomic E-state index is 0.128. The molecule has 2 atom stereocenters. The summed E-state index contributed by atoms with van der Waals surface area (Å²) in [5, 5.41) is 11.7. The molecule has 3 heteroatoms. The summed E-state index contributed by atoms with van der Waals surface area (Å²) in [6.07, 6.45) is 6.26. The van der Waals surface area contributed by atoms with Gasteiger partial charge in [-0.15, -0.1) is 0 Å². The fraction of sp³-hybridized carbons (Fsp3) is 0.481. The first-order valence-corrected chi connectivity index (χ1v) is 11.6. The van der Waals surface area contributed by atoms with Gasteiger partial charge in [0.05, 0.1) is 0 Å². The Morgan fingerprint density at radius 1 is 1.13 bits per heavy atom. The minimum Gasteiger partial charge on any atom is -0.508 e. The number of rotatable bonds is 3. The molecule has 2 aliphatic carbocycles. The first kappa shape index (κ1) is 18.5. The van der Waals surface area contributed by atoms with Crippen LogP contribution in [-0.4, -0.2) is 34.2 Å². The van der Waals surface area contributed by atoms with E-state index >= 15 is 0 Å². The van der Waals surface area contributed by atoms with E-state index in [1.165, 1.54) is 66.6 Å². The molecule has 3 aliphatic rings. The summed E-state index contributed by atoms with van der Waals surface area (Å²) in [5.41, 5.74) is 7.25. The summed E-state index contributed by atoms with van der Waals surface area (Å²) < 4.78 is 2.45. The molecule has 3 nitrogen and oxygen atoms in total. The third-order valence-corrected chi connectivity index (χ3v) is 8.29. The Balaban J connectivity index is 1.48. The van der Waals surface area contributed by atoms with Crippen molar-refractivity contribution in [2.24, 2.45) is 18.9 Å². The van der Waals surface area contributed by atoms with Gasteiger partial charge in [0, 0.05) is 42.1 Å². The fourth-order valence-corrected chi connectivity index (χ4v) is 6.44. The number of hydrogen-bond donors (Lipinski definition) is 1. The lowest BCUT2D eigenvalue weighted by Gasteiger charge is -2.51. The van der Waals surface area contributed by atoms with Crippen LogP contribution >= 0.6 is 0 Å². The predicted octanol–water partition coefficient (Wildman–Crippen LogP) is 4.96. The number of phenols is 1. The maximum absolute atomic E-state index is 10.3. The average molecular weight is 401 g/mol. The highest BCUT2D eigenvalue weighted by Crippen LogP contribution is 2.50. The van der Waals surface area contributed by atoms with Crippen LogP contribution in [0.5, 0.6) is 5.75 Å². The third-order valence-electron chi connectivity index (χ3n) is 8.29. The largest absolute Gasteiger partial charge is 0.508 e. The number of aromatic nitrogens is 1. The van der Waals surface area contributed by atoms with E-state index in [0.29, 0.717) is 11.7 Å². The second-order valence-corrected chi connectivity index (χ2v) is 10.2. The molecule has 0 radical (unpaired) electrons. The molecule has 1 saturated heterocycles. The molecule has 2 unspecified atom stereocenters. The second-order valence-electron chi connectivity index (χ2n) is 10.2. The number of fused-ring (bicyclic) bond motifs is 4. The van der Waals surface area contributed by atoms with Crippen LogP contribution in [0.2, 0.25) is 0 Å². The van der Waals surface area contributed by atoms with Crippen molar-refractivity contribution in [2.75, 3.05) is 19.6 Å². The van der Waals surface area contributed by atoms with Gasteiger partial charge >= 0.3 is 0 Å². The summed E-state index contributed by atoms with van der Waals surface area (Å²) in [7, 11) is 2.25. The van der Waals surface area contributed by atoms with Crippen molar-refractivity contribution in [3.8, 4) is 5.75 Å². The summed E-state index contributed by atoms with van der Waals surface area (Å²) >= 11 is 0. The zero-order valence-electron chi connectivity index (χ0n) is 18.2. The monoisotopic (exact) mass is 400 g/mol. The SMILES string of the molecule is Cc1ccc2c3c(n(C)c2c1)CC1(c2cccc(O)c2)CCN(CC2CC2)CC1C3. The molecule has 1 aliphatic heterocycles. The van der Waals surface area contributed by atoms with Gasteiger partial charge in [-0.1, -0.05) is 24.3 Å². The molecular weight excluding hydrogens is 368 g/mol. The smallest absolute Gasteiger partial charge is 0.115 e. The van der Waals surface area contributed by atoms with Crippen molar-refractivity contribution in [2.45, 2.75) is 44.4 Å². The number of phenolic OH excluding ortho intramolecular Hbond substituents is 1. The van der Waals surface area contributed by atoms with Crippen LogP contribution in [0.4, 0.5) is 0 Å². The van der Waals surface area contributed by atoms with E-state index in [4.69, 9.17) is 0 Å². The summed E-state index contributed by atoms with van der Waals surface area (Å²) in [6, 6.07) is 15.1. The molecule has 6 rings (SSSR count). The predicted molar refractivity (Wildman–Crippen MR) is 122 cm³/mol. The number of hydrogen-bond acceptors (Lipinski definition) is 2. The molecular formula is C27H32N2O. The van der Waals surface area contributed by atoms with Crippen LogP contribution in [0, 0.1) is 18.8 Å². The first-order valence-electron chi connectivity index (χ1n) is 11.6. The summed E-state index contributed by atoms with van der Waals surface area (Å²) in [4.78, 5) is 2.74. The van der Waals surface area contributed by atoms with Crippen molar-refractivity contribution in [1.82, 2.24) is 9.47 Å². The van der Waals surface area contributed by atoms with Gasteiger partial charge in [-0.2, -0.15) is 0 Å². The lowest BCUT2D eigenvalue weighted by atomic mass is 9.58. The van der Waals surface area contributed by atoms with Gasteiger partial charge in [-0.25, -0.2) is 0 Å². The van der Waals surface area contributed by atoms with Gasteiger partial charge in [0.1, 0.15) is 5.75 Å². The molecule has 1 saturated carbocycles. The zero-order valence-corrected chi connectivity index (χ0v) is 18.2. The molecule has 0 bridgehead atoms. The molecule has 2 fully saturated rings. The summed E-state index contributed by atoms with van der Waals surface area (Å²) in [6.45, 7) is 5.85. The summed E-state index contributed by atoms with van der Waals surface area (Å²) in [5.74, 6) is 1.95. The van der Waals surface area contributed by atoms with Crippen molar-refractivity contribution in [3.63, 3.8) is 0 Å². The molecule has 2 heterocycles. The molecule has 156 valence electrons. The van der Waals surface area contributed by atoms with Gasteiger partial charge in [-0.3, -0.25) is 0 Å². The van der Waals surface area contributed by atoms with E-state index in [2.05, 4.69) is 47.7 Å². The molecule has 1 aromatic heterocycles. The maximum atomic E-state index is 10.3. The van der Waals surface area contributed by atoms with Crippen molar-refractivity contribution in [1.29, 1.82) is 0 Å². The quantitative estimate of drug-likeness (QED) is 0.673. The van der Waals surface area contributed by atoms with Gasteiger partial charge < -0.3 is 14.6 Å². The Morgan fingerprint density at radius 2 is 2.00 bits per heavy atom. The van der Waals surface area contributed by atoms with Crippen LogP contribution in [0.3, 0.4) is 0 Å². The van der Waals surface area contributed by atoms with Gasteiger partial charge in [0.25, 0.3) is 0 Å². The van der Waals surface area contributed by atoms with Crippen molar-refractivity contribution in [3.05, 3.63) is 64.8 Å². The van der Waals surface area contributed by atoms with E-state index in [-0.39, 0.29) is 5.41 Å². The average Bonchev–Trinajstić information content (AvgIpc) is 3.52. The topological polar surface area (TPSA) is 28.4 Å². The molecule has 30 heavy (non-hydrogen) atoms. The Labute approximate surface area is 179 Å². The van der Waals surface area contributed by atoms with E-state index in [0.717, 1.165) is 18.8 Å². The fourth-order valence-electron chi connectivity index (χ4n) is 6.44. The van der Waals surface area contributed by atoms with E-state index in [1.807, 2.05) is 18.2 Å². The highest BCUT2D eigenvalue weighted by molar-refractivity contribution is 5.86. The van der Waals surface area contributed by atoms with Crippen LogP contribution in [-0.2, 0) is 25.3 Å². The second kappa shape index (κ2) is 6.62. The number of benzene rings is 2. The Bertz CT molecular complexity index is 1130. The van der Waals surface area contributed by atoms with E-state index < -0.39 is 0 Å². The van der Waals surface area contributed by atoms with Gasteiger partial charge in [0.15, 0.2) is 0 Å². The van der Waals surface area contributed by atoms with Gasteiger partial charge in [0.2, 0.25) is 0 Å². The molecule has 0 amide bonds. The highest BCUT2D eigenvalue weighted by atomic mass is 16.3. The maximum Gasteiger partial charge on any atom is 0.115 e. The molecule has 2 aromatic carbocycles. The van der Waals surface area contributed by atoms with Crippen LogP contribution in [0.25, 0.3) is 10.9 Å². The van der Waals surface area contributed by atoms with Crippen LogP contribution < -0.4 is 0 Å². The van der Waals surface area contributed by atoms with Gasteiger partial charge in [-0.05, 0) is 92.3 Å². The van der Waals surface area contributed by atoms with E-state index in [1.54, 1.807) is 5.56 Å². The Hall–Kier alpha value is -2.26. The molecule has 1 N–H and O–H groups in total. The minimum atomic E-state index is 0.128. The standard InChI is InChI=1S/C27H32N2O/c1-18-6-9-23-24-14-21-17-29(16-19-7-8-19)11-10-27(21,20-4-3-5-22(30)13-20)15-26(24)28(2)25(23)12-18/h3-6,9,12-13,19,21,30H,7-8,10-11,14-17H2,1-2H3. The highest BCUT2D eigenvalue weighted by Gasteiger charge is 2.48. The number of piperidine rings is 1. The molecule has 0 spiro atoms. The van der Waals surface area contributed by atoms with Crippen molar-refractivity contribution >= 4 is 10.9 Å². The first-order chi connectivity index (χ1) is 14.5. The lowest BCUT2D eigenvalue weighted by Crippen LogP contribution is -2.54.